The molecular formula is C34H27ClF9N7O3. The summed E-state index contributed by atoms with van der Waals surface area (Å²) in [4.78, 5) is 44.9. The molecule has 0 radical (unpaired) electrons. The van der Waals surface area contributed by atoms with Crippen molar-refractivity contribution in [2.45, 2.75) is 31.4 Å². The van der Waals surface area contributed by atoms with Crippen molar-refractivity contribution in [1.29, 1.82) is 0 Å². The van der Waals surface area contributed by atoms with Crippen molar-refractivity contribution in [3.8, 4) is 0 Å². The minimum atomic E-state index is -5.77. The summed E-state index contributed by atoms with van der Waals surface area (Å²) in [6, 6.07) is 18.4. The van der Waals surface area contributed by atoms with E-state index in [-0.39, 0.29) is 6.03 Å². The average molecular weight is 788 g/mol. The first-order chi connectivity index (χ1) is 25.3. The Kier molecular flexibility index (Phi) is 11.6. The Hall–Kier alpha value is -5.59. The standard InChI is InChI=1S/C30H27ClF3N7O.C4F6O2/c31-25-18-35-28-37-23-3-1-2-19(16-23)4-5-20-17-24(36-27(25)39-28)10-11-26(20)40-12-14-41(15-13-40)29(42)38-22-8-6-21(7-9-22)30(32,33)34;5-3(6,7)1(11)2(12)4(8,9)10/h1-3,6-11,16-18H,4-5,12-15H2,(H,38,42)(H2,35,36,37,39);. The van der Waals surface area contributed by atoms with Crippen LogP contribution in [0.5, 0.6) is 0 Å². The van der Waals surface area contributed by atoms with Crippen LogP contribution in [-0.2, 0) is 28.6 Å². The highest BCUT2D eigenvalue weighted by atomic mass is 35.5. The third-order valence-corrected chi connectivity index (χ3v) is 8.32. The number of hydrogen-bond donors (Lipinski definition) is 3. The molecule has 0 atom stereocenters. The second-order valence-electron chi connectivity index (χ2n) is 11.8. The summed E-state index contributed by atoms with van der Waals surface area (Å²) >= 11 is 6.40. The Balaban J connectivity index is 0.000000404. The van der Waals surface area contributed by atoms with E-state index < -0.39 is 35.7 Å². The summed E-state index contributed by atoms with van der Waals surface area (Å²) in [5.41, 5.74) is 4.70. The predicted molar refractivity (Wildman–Crippen MR) is 180 cm³/mol. The van der Waals surface area contributed by atoms with Gasteiger partial charge in [-0.3, -0.25) is 9.59 Å². The summed E-state index contributed by atoms with van der Waals surface area (Å²) in [6.45, 7) is 2.17. The predicted octanol–water partition coefficient (Wildman–Crippen LogP) is 8.34. The van der Waals surface area contributed by atoms with Crippen molar-refractivity contribution < 1.29 is 53.9 Å². The van der Waals surface area contributed by atoms with Crippen LogP contribution >= 0.6 is 11.6 Å². The summed E-state index contributed by atoms with van der Waals surface area (Å²) in [7, 11) is 0. The van der Waals surface area contributed by atoms with Gasteiger partial charge in [0.25, 0.3) is 0 Å². The molecule has 0 spiro atoms. The molecule has 4 aromatic rings. The molecule has 3 heterocycles. The van der Waals surface area contributed by atoms with Gasteiger partial charge in [0.1, 0.15) is 5.02 Å². The van der Waals surface area contributed by atoms with Gasteiger partial charge in [-0.2, -0.15) is 44.5 Å². The lowest BCUT2D eigenvalue weighted by molar-refractivity contribution is -0.193. The Bertz CT molecular complexity index is 1990. The maximum absolute atomic E-state index is 12.9. The van der Waals surface area contributed by atoms with E-state index in [1.54, 1.807) is 11.1 Å². The molecule has 2 aliphatic rings. The maximum atomic E-state index is 12.9. The van der Waals surface area contributed by atoms with Crippen molar-refractivity contribution in [2.75, 3.05) is 47.0 Å². The zero-order chi connectivity index (χ0) is 39.4. The first-order valence-corrected chi connectivity index (χ1v) is 16.1. The fraction of sp³-hybridized carbons (Fsp3) is 0.265. The van der Waals surface area contributed by atoms with Crippen LogP contribution in [0.25, 0.3) is 0 Å². The monoisotopic (exact) mass is 787 g/mol. The van der Waals surface area contributed by atoms with Gasteiger partial charge in [-0.15, -0.1) is 0 Å². The van der Waals surface area contributed by atoms with Gasteiger partial charge in [-0.25, -0.2) is 9.78 Å². The van der Waals surface area contributed by atoms with E-state index in [9.17, 15) is 53.9 Å². The lowest BCUT2D eigenvalue weighted by Crippen LogP contribution is -2.50. The van der Waals surface area contributed by atoms with E-state index in [4.69, 9.17) is 11.6 Å². The number of rotatable bonds is 3. The average Bonchev–Trinajstić information content (AvgIpc) is 3.11. The number of urea groups is 1. The van der Waals surface area contributed by atoms with Gasteiger partial charge in [0, 0.05) is 48.9 Å². The highest BCUT2D eigenvalue weighted by Crippen LogP contribution is 2.33. The van der Waals surface area contributed by atoms with Crippen molar-refractivity contribution >= 4 is 63.7 Å². The highest BCUT2D eigenvalue weighted by Gasteiger charge is 2.54. The number of carbonyl (C=O) groups is 3. The molecule has 1 saturated heterocycles. The zero-order valence-electron chi connectivity index (χ0n) is 27.5. The van der Waals surface area contributed by atoms with Gasteiger partial charge in [0.15, 0.2) is 5.82 Å². The van der Waals surface area contributed by atoms with Gasteiger partial charge >= 0.3 is 36.1 Å². The van der Waals surface area contributed by atoms with Crippen LogP contribution in [0.2, 0.25) is 5.02 Å². The van der Waals surface area contributed by atoms with Gasteiger partial charge in [-0.1, -0.05) is 23.7 Å². The van der Waals surface area contributed by atoms with Crippen LogP contribution in [-0.4, -0.2) is 71.0 Å². The number of hydrogen-bond acceptors (Lipinski definition) is 8. The fourth-order valence-corrected chi connectivity index (χ4v) is 5.53. The summed E-state index contributed by atoms with van der Waals surface area (Å²) < 4.78 is 106. The summed E-state index contributed by atoms with van der Waals surface area (Å²) in [6.07, 6.45) is -12.8. The van der Waals surface area contributed by atoms with Crippen molar-refractivity contribution in [2.24, 2.45) is 0 Å². The molecular weight excluding hydrogens is 761 g/mol. The third kappa shape index (κ3) is 10.1. The zero-order valence-corrected chi connectivity index (χ0v) is 28.2. The number of piperazine rings is 1. The first kappa shape index (κ1) is 39.6. The van der Waals surface area contributed by atoms with Crippen LogP contribution in [0.15, 0.2) is 72.9 Å². The third-order valence-electron chi connectivity index (χ3n) is 8.04. The number of Topliss-reactive ketones (excluding diaryl/α,β-unsaturated/α-hetero) is 2. The molecule has 3 N–H and O–H groups in total. The van der Waals surface area contributed by atoms with Crippen LogP contribution in [0, 0.1) is 0 Å². The molecule has 2 aliphatic heterocycles. The number of aromatic nitrogens is 2. The quantitative estimate of drug-likeness (QED) is 0.140. The van der Waals surface area contributed by atoms with Crippen LogP contribution in [0.4, 0.5) is 78.8 Å². The first-order valence-electron chi connectivity index (χ1n) is 15.8. The molecule has 6 bridgehead atoms. The largest absolute Gasteiger partial charge is 0.458 e. The SMILES string of the molecule is O=C(C(=O)C(F)(F)F)C(F)(F)F.O=C(Nc1ccc(C(F)(F)F)cc1)N1CCN(c2ccc3cc2CCc2cccc(c2)Nc2ncc(Cl)c(n2)N3)CC1. The topological polar surface area (TPSA) is 120 Å². The molecule has 2 amide bonds. The number of fused-ring (bicyclic) bond motifs is 6. The molecule has 286 valence electrons. The maximum Gasteiger partial charge on any atom is 0.458 e. The molecule has 20 heteroatoms. The van der Waals surface area contributed by atoms with E-state index in [0.29, 0.717) is 48.7 Å². The molecule has 3 aromatic carbocycles. The van der Waals surface area contributed by atoms with Gasteiger partial charge < -0.3 is 25.8 Å². The smallest absolute Gasteiger partial charge is 0.368 e. The Morgan fingerprint density at radius 2 is 1.37 bits per heavy atom. The minimum absolute atomic E-state index is 0.319. The van der Waals surface area contributed by atoms with E-state index in [0.717, 1.165) is 47.6 Å². The number of benzene rings is 3. The number of ketones is 2. The van der Waals surface area contributed by atoms with Gasteiger partial charge in [0.2, 0.25) is 5.95 Å². The van der Waals surface area contributed by atoms with Crippen molar-refractivity contribution in [1.82, 2.24) is 14.9 Å². The number of anilines is 6. The summed E-state index contributed by atoms with van der Waals surface area (Å²) in [5.74, 6) is -5.88. The lowest BCUT2D eigenvalue weighted by Gasteiger charge is -2.37. The molecule has 0 saturated carbocycles. The van der Waals surface area contributed by atoms with Crippen molar-refractivity contribution in [3.63, 3.8) is 0 Å². The molecule has 1 fully saturated rings. The Morgan fingerprint density at radius 1 is 0.741 bits per heavy atom. The van der Waals surface area contributed by atoms with E-state index in [2.05, 4.69) is 55.1 Å². The van der Waals surface area contributed by atoms with E-state index in [1.807, 2.05) is 18.2 Å². The number of amides is 2. The fourth-order valence-electron chi connectivity index (χ4n) is 5.39. The van der Waals surface area contributed by atoms with Crippen LogP contribution in [0.1, 0.15) is 16.7 Å². The molecule has 0 aliphatic carbocycles. The molecule has 0 unspecified atom stereocenters. The number of nitrogens with zero attached hydrogens (tertiary/aromatic N) is 4. The van der Waals surface area contributed by atoms with Crippen LogP contribution < -0.4 is 20.9 Å². The number of aryl methyl sites for hydroxylation is 2. The molecule has 1 aromatic heterocycles. The number of nitrogens with one attached hydrogen (secondary N) is 3. The molecule has 54 heavy (non-hydrogen) atoms. The Labute approximate surface area is 305 Å². The second kappa shape index (κ2) is 15.8. The van der Waals surface area contributed by atoms with E-state index in [1.165, 1.54) is 17.7 Å². The molecule has 10 nitrogen and oxygen atoms in total. The minimum Gasteiger partial charge on any atom is -0.368 e. The van der Waals surface area contributed by atoms with Gasteiger partial charge in [-0.05, 0) is 78.6 Å². The lowest BCUT2D eigenvalue weighted by atomic mass is 10.0. The highest BCUT2D eigenvalue weighted by molar-refractivity contribution is 6.41. The van der Waals surface area contributed by atoms with Gasteiger partial charge in [0.05, 0.1) is 11.8 Å². The Morgan fingerprint density at radius 3 is 1.98 bits per heavy atom. The molecule has 6 rings (SSSR count). The summed E-state index contributed by atoms with van der Waals surface area (Å²) in [5, 5.41) is 9.67. The number of halogens is 10. The number of alkyl halides is 9. The normalized spacial score (nSPS) is 14.5. The van der Waals surface area contributed by atoms with Crippen LogP contribution in [0.3, 0.4) is 0 Å². The van der Waals surface area contributed by atoms with E-state index >= 15 is 0 Å². The second-order valence-corrected chi connectivity index (χ2v) is 12.2. The number of carbonyl (C=O) groups excluding carboxylic acids is 3. The van der Waals surface area contributed by atoms with Crippen molar-refractivity contribution in [3.05, 3.63) is 94.6 Å².